The fraction of sp³-hybridized carbons (Fsp3) is 0.818. The molecule has 0 bridgehead atoms. The first-order valence-electron chi connectivity index (χ1n) is 5.43. The van der Waals surface area contributed by atoms with Gasteiger partial charge in [-0.1, -0.05) is 13.8 Å². The Kier molecular flexibility index (Phi) is 6.72. The van der Waals surface area contributed by atoms with E-state index in [2.05, 4.69) is 5.32 Å². The second-order valence-electron chi connectivity index (χ2n) is 4.21. The highest BCUT2D eigenvalue weighted by Crippen LogP contribution is 2.04. The van der Waals surface area contributed by atoms with Crippen LogP contribution in [-0.4, -0.2) is 36.2 Å². The van der Waals surface area contributed by atoms with Crippen LogP contribution in [0.2, 0.25) is 0 Å². The van der Waals surface area contributed by atoms with Crippen LogP contribution in [0.1, 0.15) is 33.6 Å². The van der Waals surface area contributed by atoms with Gasteiger partial charge in [0.15, 0.2) is 0 Å². The molecule has 0 aliphatic rings. The van der Waals surface area contributed by atoms with Gasteiger partial charge in [-0.3, -0.25) is 4.79 Å². The number of amides is 1. The standard InChI is InChI=1S/C11H21NO4/c1-7(2)10(11(14)15)12-9(13)6-5-8(3)16-4/h7-8,10H,5-6H2,1-4H3,(H,12,13)(H,14,15)/t8?,10-/m1/s1. The number of hydrogen-bond donors (Lipinski definition) is 2. The van der Waals surface area contributed by atoms with Gasteiger partial charge >= 0.3 is 5.97 Å². The minimum Gasteiger partial charge on any atom is -0.480 e. The first-order valence-corrected chi connectivity index (χ1v) is 5.43. The van der Waals surface area contributed by atoms with Crippen molar-refractivity contribution in [2.24, 2.45) is 5.92 Å². The Morgan fingerprint density at radius 1 is 1.31 bits per heavy atom. The topological polar surface area (TPSA) is 75.6 Å². The van der Waals surface area contributed by atoms with E-state index in [9.17, 15) is 9.59 Å². The number of carboxylic acids is 1. The molecule has 0 aromatic carbocycles. The van der Waals surface area contributed by atoms with Crippen LogP contribution in [0.5, 0.6) is 0 Å². The van der Waals surface area contributed by atoms with E-state index in [4.69, 9.17) is 9.84 Å². The number of carboxylic acid groups (broad SMARTS) is 1. The summed E-state index contributed by atoms with van der Waals surface area (Å²) in [5.74, 6) is -1.37. The van der Waals surface area contributed by atoms with Crippen molar-refractivity contribution < 1.29 is 19.4 Å². The quantitative estimate of drug-likeness (QED) is 0.686. The molecular weight excluding hydrogens is 210 g/mol. The largest absolute Gasteiger partial charge is 0.480 e. The summed E-state index contributed by atoms with van der Waals surface area (Å²) in [6.45, 7) is 5.39. The highest BCUT2D eigenvalue weighted by molar-refractivity contribution is 5.83. The summed E-state index contributed by atoms with van der Waals surface area (Å²) in [5.41, 5.74) is 0. The Morgan fingerprint density at radius 3 is 2.25 bits per heavy atom. The predicted molar refractivity (Wildman–Crippen MR) is 60.1 cm³/mol. The van der Waals surface area contributed by atoms with Crippen molar-refractivity contribution in [1.82, 2.24) is 5.32 Å². The third-order valence-corrected chi connectivity index (χ3v) is 2.43. The van der Waals surface area contributed by atoms with E-state index in [1.165, 1.54) is 0 Å². The van der Waals surface area contributed by atoms with Gasteiger partial charge in [-0.15, -0.1) is 0 Å². The summed E-state index contributed by atoms with van der Waals surface area (Å²) in [6.07, 6.45) is 0.881. The molecule has 0 aromatic heterocycles. The number of carbonyl (C=O) groups is 2. The number of carbonyl (C=O) groups excluding carboxylic acids is 1. The molecule has 5 heteroatoms. The molecule has 16 heavy (non-hydrogen) atoms. The van der Waals surface area contributed by atoms with Crippen molar-refractivity contribution >= 4 is 11.9 Å². The SMILES string of the molecule is COC(C)CCC(=O)N[C@@H](C(=O)O)C(C)C. The predicted octanol–water partition coefficient (Wildman–Crippen LogP) is 1.03. The molecule has 0 aromatic rings. The fourth-order valence-corrected chi connectivity index (χ4v) is 1.21. The fourth-order valence-electron chi connectivity index (χ4n) is 1.21. The van der Waals surface area contributed by atoms with Crippen LogP contribution >= 0.6 is 0 Å². The number of hydrogen-bond acceptors (Lipinski definition) is 3. The number of nitrogens with one attached hydrogen (secondary N) is 1. The molecule has 0 fully saturated rings. The molecule has 2 atom stereocenters. The first-order chi connectivity index (χ1) is 7.38. The molecule has 0 radical (unpaired) electrons. The molecule has 94 valence electrons. The Morgan fingerprint density at radius 2 is 1.88 bits per heavy atom. The highest BCUT2D eigenvalue weighted by atomic mass is 16.5. The zero-order valence-corrected chi connectivity index (χ0v) is 10.3. The van der Waals surface area contributed by atoms with Gasteiger partial charge in [0, 0.05) is 13.5 Å². The van der Waals surface area contributed by atoms with Crippen molar-refractivity contribution in [2.45, 2.75) is 45.8 Å². The Bertz CT molecular complexity index is 240. The van der Waals surface area contributed by atoms with Gasteiger partial charge < -0.3 is 15.2 Å². The van der Waals surface area contributed by atoms with Crippen LogP contribution in [0.3, 0.4) is 0 Å². The van der Waals surface area contributed by atoms with Crippen LogP contribution in [0.25, 0.3) is 0 Å². The van der Waals surface area contributed by atoms with E-state index >= 15 is 0 Å². The third-order valence-electron chi connectivity index (χ3n) is 2.43. The van der Waals surface area contributed by atoms with Crippen molar-refractivity contribution in [3.8, 4) is 0 Å². The van der Waals surface area contributed by atoms with Crippen LogP contribution in [0.15, 0.2) is 0 Å². The van der Waals surface area contributed by atoms with E-state index in [-0.39, 0.29) is 24.3 Å². The molecule has 1 unspecified atom stereocenters. The number of methoxy groups -OCH3 is 1. The van der Waals surface area contributed by atoms with Crippen molar-refractivity contribution in [2.75, 3.05) is 7.11 Å². The minimum absolute atomic E-state index is 0.00748. The van der Waals surface area contributed by atoms with Crippen LogP contribution in [0, 0.1) is 5.92 Å². The van der Waals surface area contributed by atoms with Crippen molar-refractivity contribution in [3.63, 3.8) is 0 Å². The number of ether oxygens (including phenoxy) is 1. The van der Waals surface area contributed by atoms with E-state index in [1.807, 2.05) is 6.92 Å². The highest BCUT2D eigenvalue weighted by Gasteiger charge is 2.23. The van der Waals surface area contributed by atoms with E-state index in [0.29, 0.717) is 6.42 Å². The molecule has 1 amide bonds. The van der Waals surface area contributed by atoms with Gasteiger partial charge in [0.1, 0.15) is 6.04 Å². The smallest absolute Gasteiger partial charge is 0.326 e. The summed E-state index contributed by atoms with van der Waals surface area (Å²) >= 11 is 0. The zero-order chi connectivity index (χ0) is 12.7. The lowest BCUT2D eigenvalue weighted by Gasteiger charge is -2.18. The average molecular weight is 231 g/mol. The normalized spacial score (nSPS) is 14.6. The van der Waals surface area contributed by atoms with Gasteiger partial charge in [-0.25, -0.2) is 4.79 Å². The molecule has 0 saturated heterocycles. The van der Waals surface area contributed by atoms with Crippen molar-refractivity contribution in [1.29, 1.82) is 0 Å². The lowest BCUT2D eigenvalue weighted by Crippen LogP contribution is -2.44. The maximum Gasteiger partial charge on any atom is 0.326 e. The van der Waals surface area contributed by atoms with E-state index in [0.717, 1.165) is 0 Å². The summed E-state index contributed by atoms with van der Waals surface area (Å²) < 4.78 is 5.00. The molecule has 5 nitrogen and oxygen atoms in total. The van der Waals surface area contributed by atoms with Gasteiger partial charge in [-0.05, 0) is 19.3 Å². The Balaban J connectivity index is 4.06. The average Bonchev–Trinajstić information content (AvgIpc) is 2.21. The molecule has 0 spiro atoms. The van der Waals surface area contributed by atoms with Gasteiger partial charge in [-0.2, -0.15) is 0 Å². The van der Waals surface area contributed by atoms with Crippen LogP contribution < -0.4 is 5.32 Å². The molecule has 0 saturated carbocycles. The van der Waals surface area contributed by atoms with Gasteiger partial charge in [0.25, 0.3) is 0 Å². The maximum atomic E-state index is 11.5. The molecule has 0 aliphatic carbocycles. The summed E-state index contributed by atoms with van der Waals surface area (Å²) in [4.78, 5) is 22.3. The summed E-state index contributed by atoms with van der Waals surface area (Å²) in [7, 11) is 1.58. The maximum absolute atomic E-state index is 11.5. The molecule has 0 aliphatic heterocycles. The molecule has 0 heterocycles. The molecule has 2 N–H and O–H groups in total. The van der Waals surface area contributed by atoms with Gasteiger partial charge in [0.2, 0.25) is 5.91 Å². The third kappa shape index (κ3) is 5.70. The van der Waals surface area contributed by atoms with Gasteiger partial charge in [0.05, 0.1) is 6.10 Å². The van der Waals surface area contributed by atoms with Crippen LogP contribution in [-0.2, 0) is 14.3 Å². The lowest BCUT2D eigenvalue weighted by atomic mass is 10.0. The number of aliphatic carboxylic acids is 1. The zero-order valence-electron chi connectivity index (χ0n) is 10.3. The van der Waals surface area contributed by atoms with E-state index in [1.54, 1.807) is 21.0 Å². The summed E-state index contributed by atoms with van der Waals surface area (Å²) in [6, 6.07) is -0.814. The van der Waals surface area contributed by atoms with Crippen molar-refractivity contribution in [3.05, 3.63) is 0 Å². The Labute approximate surface area is 96.2 Å². The molecular formula is C11H21NO4. The minimum atomic E-state index is -0.997. The first kappa shape index (κ1) is 14.9. The Hall–Kier alpha value is -1.10. The number of rotatable bonds is 7. The second kappa shape index (κ2) is 7.22. The van der Waals surface area contributed by atoms with E-state index < -0.39 is 12.0 Å². The molecule has 0 rings (SSSR count). The summed E-state index contributed by atoms with van der Waals surface area (Å²) in [5, 5.41) is 11.4. The monoisotopic (exact) mass is 231 g/mol. The van der Waals surface area contributed by atoms with Crippen LogP contribution in [0.4, 0.5) is 0 Å². The lowest BCUT2D eigenvalue weighted by molar-refractivity contribution is -0.143. The second-order valence-corrected chi connectivity index (χ2v) is 4.21.